The molecule has 4 amide bonds. The van der Waals surface area contributed by atoms with E-state index < -0.39 is 23.6 Å². The van der Waals surface area contributed by atoms with Crippen molar-refractivity contribution < 1.29 is 33.4 Å². The largest absolute Gasteiger partial charge is 0.465 e. The average molecular weight is 511 g/mol. The molecule has 0 aromatic heterocycles. The Morgan fingerprint density at radius 2 is 1.33 bits per heavy atom. The third-order valence-corrected chi connectivity index (χ3v) is 4.54. The number of hydrogen-bond donors (Lipinski definition) is 2. The normalized spacial score (nSPS) is 10.6. The van der Waals surface area contributed by atoms with E-state index in [-0.39, 0.29) is 70.5 Å². The van der Waals surface area contributed by atoms with E-state index in [1.807, 2.05) is 0 Å². The van der Waals surface area contributed by atoms with Gasteiger partial charge in [-0.15, -0.1) is 13.2 Å². The number of alkyl carbamates (subject to hydrolysis) is 1. The molecule has 0 saturated carbocycles. The van der Waals surface area contributed by atoms with Gasteiger partial charge in [-0.25, -0.2) is 4.79 Å². The van der Waals surface area contributed by atoms with Crippen molar-refractivity contribution >= 4 is 29.8 Å². The second kappa shape index (κ2) is 18.0. The van der Waals surface area contributed by atoms with Crippen LogP contribution in [-0.2, 0) is 28.7 Å². The molecule has 0 bridgehead atoms. The van der Waals surface area contributed by atoms with Crippen LogP contribution in [0.2, 0.25) is 0 Å². The van der Waals surface area contributed by atoms with Crippen LogP contribution in [0.15, 0.2) is 25.3 Å². The highest BCUT2D eigenvalue weighted by molar-refractivity contribution is 5.85. The van der Waals surface area contributed by atoms with Gasteiger partial charge in [0.05, 0.1) is 13.2 Å². The molecule has 0 rings (SSSR count). The van der Waals surface area contributed by atoms with Gasteiger partial charge in [0.1, 0.15) is 12.1 Å². The van der Waals surface area contributed by atoms with Crippen LogP contribution in [-0.4, -0.2) is 91.1 Å². The monoisotopic (exact) mass is 510 g/mol. The van der Waals surface area contributed by atoms with Crippen molar-refractivity contribution in [2.24, 2.45) is 0 Å². The Bertz CT molecular complexity index is 762. The molecule has 0 spiro atoms. The lowest BCUT2D eigenvalue weighted by molar-refractivity contribution is -0.149. The molecule has 0 fully saturated rings. The molecular formula is C25H42N4O7. The van der Waals surface area contributed by atoms with Gasteiger partial charge in [-0.3, -0.25) is 19.2 Å². The zero-order valence-electron chi connectivity index (χ0n) is 22.1. The number of rotatable bonds is 17. The highest BCUT2D eigenvalue weighted by Gasteiger charge is 2.20. The molecule has 0 heterocycles. The summed E-state index contributed by atoms with van der Waals surface area (Å²) in [6, 6.07) is 0. The highest BCUT2D eigenvalue weighted by Crippen LogP contribution is 2.06. The van der Waals surface area contributed by atoms with Crippen LogP contribution in [0.1, 0.15) is 53.4 Å². The number of amides is 4. The average Bonchev–Trinajstić information content (AvgIpc) is 2.78. The van der Waals surface area contributed by atoms with Gasteiger partial charge < -0.3 is 29.9 Å². The Balaban J connectivity index is 4.91. The number of nitrogens with zero attached hydrogens (tertiary/aromatic N) is 2. The highest BCUT2D eigenvalue weighted by atomic mass is 16.6. The van der Waals surface area contributed by atoms with Crippen molar-refractivity contribution in [2.45, 2.75) is 59.0 Å². The number of allylic oxidation sites excluding steroid dienone is 2. The van der Waals surface area contributed by atoms with E-state index in [0.29, 0.717) is 12.8 Å². The third-order valence-electron chi connectivity index (χ3n) is 4.54. The van der Waals surface area contributed by atoms with E-state index in [0.717, 1.165) is 0 Å². The number of carbonyl (C=O) groups is 5. The van der Waals surface area contributed by atoms with Crippen LogP contribution in [0.4, 0.5) is 4.79 Å². The zero-order valence-corrected chi connectivity index (χ0v) is 22.1. The SMILES string of the molecule is C=CCCC(=O)N(CCNC(=O)OC(C)(C)C)CC(=O)NCCN(CC(=O)OCC)C(=O)CCC=C. The molecule has 204 valence electrons. The minimum Gasteiger partial charge on any atom is -0.465 e. The minimum absolute atomic E-state index is 0.0862. The second-order valence-electron chi connectivity index (χ2n) is 8.87. The smallest absolute Gasteiger partial charge is 0.407 e. The topological polar surface area (TPSA) is 134 Å². The summed E-state index contributed by atoms with van der Waals surface area (Å²) in [6.45, 7) is 14.2. The molecule has 0 saturated heterocycles. The van der Waals surface area contributed by atoms with Gasteiger partial charge in [0.25, 0.3) is 0 Å². The number of ether oxygens (including phenoxy) is 2. The van der Waals surface area contributed by atoms with Gasteiger partial charge in [-0.05, 0) is 40.5 Å². The van der Waals surface area contributed by atoms with E-state index in [1.54, 1.807) is 39.8 Å². The number of hydrogen-bond acceptors (Lipinski definition) is 7. The number of carbonyl (C=O) groups excluding carboxylic acids is 5. The predicted molar refractivity (Wildman–Crippen MR) is 136 cm³/mol. The molecular weight excluding hydrogens is 468 g/mol. The van der Waals surface area contributed by atoms with Gasteiger partial charge in [0.2, 0.25) is 17.7 Å². The van der Waals surface area contributed by atoms with E-state index in [2.05, 4.69) is 23.8 Å². The molecule has 2 N–H and O–H groups in total. The first-order valence-electron chi connectivity index (χ1n) is 12.1. The van der Waals surface area contributed by atoms with Crippen LogP contribution in [0.5, 0.6) is 0 Å². The van der Waals surface area contributed by atoms with E-state index in [4.69, 9.17) is 9.47 Å². The third kappa shape index (κ3) is 16.3. The zero-order chi connectivity index (χ0) is 27.6. The summed E-state index contributed by atoms with van der Waals surface area (Å²) in [7, 11) is 0. The Morgan fingerprint density at radius 1 is 0.833 bits per heavy atom. The maximum absolute atomic E-state index is 12.5. The minimum atomic E-state index is -0.655. The van der Waals surface area contributed by atoms with Crippen molar-refractivity contribution in [3.63, 3.8) is 0 Å². The summed E-state index contributed by atoms with van der Waals surface area (Å²) in [4.78, 5) is 63.8. The fourth-order valence-electron chi connectivity index (χ4n) is 2.88. The van der Waals surface area contributed by atoms with Gasteiger partial charge in [-0.2, -0.15) is 0 Å². The molecule has 36 heavy (non-hydrogen) atoms. The lowest BCUT2D eigenvalue weighted by Gasteiger charge is -2.24. The van der Waals surface area contributed by atoms with Gasteiger partial charge in [0.15, 0.2) is 0 Å². The van der Waals surface area contributed by atoms with E-state index >= 15 is 0 Å². The standard InChI is InChI=1S/C25H42N4O7/c1-7-10-12-21(31)28(17-15-27-24(34)36-25(4,5)6)18-20(30)26-14-16-29(19-23(33)35-9-3)22(32)13-11-8-2/h7-8H,1-2,9-19H2,3-6H3,(H,26,30)(H,27,34). The molecule has 0 atom stereocenters. The molecule has 0 radical (unpaired) electrons. The Kier molecular flexibility index (Phi) is 16.3. The number of esters is 1. The predicted octanol–water partition coefficient (Wildman–Crippen LogP) is 1.78. The maximum atomic E-state index is 12.5. The molecule has 0 unspecified atom stereocenters. The van der Waals surface area contributed by atoms with Crippen molar-refractivity contribution in [3.8, 4) is 0 Å². The lowest BCUT2D eigenvalue weighted by atomic mass is 10.2. The molecule has 11 nitrogen and oxygen atoms in total. The van der Waals surface area contributed by atoms with E-state index in [9.17, 15) is 24.0 Å². The molecule has 0 aliphatic rings. The Labute approximate surface area is 214 Å². The van der Waals surface area contributed by atoms with Crippen LogP contribution in [0, 0.1) is 0 Å². The van der Waals surface area contributed by atoms with Crippen LogP contribution >= 0.6 is 0 Å². The van der Waals surface area contributed by atoms with Gasteiger partial charge in [-0.1, -0.05) is 12.2 Å². The van der Waals surface area contributed by atoms with E-state index in [1.165, 1.54) is 9.80 Å². The van der Waals surface area contributed by atoms with Crippen molar-refractivity contribution in [1.82, 2.24) is 20.4 Å². The first-order chi connectivity index (χ1) is 16.9. The maximum Gasteiger partial charge on any atom is 0.407 e. The van der Waals surface area contributed by atoms with Gasteiger partial charge in [0, 0.05) is 39.0 Å². The first kappa shape index (κ1) is 32.6. The second-order valence-corrected chi connectivity index (χ2v) is 8.87. The Morgan fingerprint density at radius 3 is 1.81 bits per heavy atom. The number of nitrogens with one attached hydrogen (secondary N) is 2. The quantitative estimate of drug-likeness (QED) is 0.225. The fraction of sp³-hybridized carbons (Fsp3) is 0.640. The molecule has 11 heteroatoms. The summed E-state index contributed by atoms with van der Waals surface area (Å²) >= 11 is 0. The summed E-state index contributed by atoms with van der Waals surface area (Å²) < 4.78 is 10.1. The first-order valence-corrected chi connectivity index (χ1v) is 12.1. The lowest BCUT2D eigenvalue weighted by Crippen LogP contribution is -2.46. The van der Waals surface area contributed by atoms with Crippen molar-refractivity contribution in [2.75, 3.05) is 45.9 Å². The van der Waals surface area contributed by atoms with Crippen molar-refractivity contribution in [3.05, 3.63) is 25.3 Å². The molecule has 0 aliphatic heterocycles. The van der Waals surface area contributed by atoms with Gasteiger partial charge >= 0.3 is 12.1 Å². The Hall–Kier alpha value is -3.37. The van der Waals surface area contributed by atoms with Crippen molar-refractivity contribution in [1.29, 1.82) is 0 Å². The molecule has 0 aromatic carbocycles. The summed E-state index contributed by atoms with van der Waals surface area (Å²) in [6.07, 6.45) is 3.87. The van der Waals surface area contributed by atoms with Crippen LogP contribution < -0.4 is 10.6 Å². The van der Waals surface area contributed by atoms with Crippen LogP contribution in [0.3, 0.4) is 0 Å². The summed E-state index contributed by atoms with van der Waals surface area (Å²) in [5.74, 6) is -1.49. The molecule has 0 aliphatic carbocycles. The van der Waals surface area contributed by atoms with Crippen LogP contribution in [0.25, 0.3) is 0 Å². The fourth-order valence-corrected chi connectivity index (χ4v) is 2.88. The summed E-state index contributed by atoms with van der Waals surface area (Å²) in [5, 5.41) is 5.24. The molecule has 0 aromatic rings. The summed E-state index contributed by atoms with van der Waals surface area (Å²) in [5.41, 5.74) is -0.655.